The predicted molar refractivity (Wildman–Crippen MR) is 77.6 cm³/mol. The molecule has 0 fully saturated rings. The summed E-state index contributed by atoms with van der Waals surface area (Å²) < 4.78 is 5.20. The van der Waals surface area contributed by atoms with Crippen molar-refractivity contribution in [1.82, 2.24) is 10.3 Å². The highest BCUT2D eigenvalue weighted by molar-refractivity contribution is 6.03. The van der Waals surface area contributed by atoms with E-state index >= 15 is 0 Å². The van der Waals surface area contributed by atoms with Crippen molar-refractivity contribution in [2.45, 2.75) is 13.3 Å². The van der Waals surface area contributed by atoms with Gasteiger partial charge in [0, 0.05) is 24.0 Å². The number of aromatic carboxylic acids is 1. The molecular weight excluding hydrogens is 256 g/mol. The maximum Gasteiger partial charge on any atom is 0.336 e. The van der Waals surface area contributed by atoms with E-state index in [0.717, 1.165) is 23.3 Å². The number of carboxylic acid groups (broad SMARTS) is 1. The zero-order valence-corrected chi connectivity index (χ0v) is 11.9. The van der Waals surface area contributed by atoms with E-state index in [2.05, 4.69) is 10.3 Å². The van der Waals surface area contributed by atoms with Gasteiger partial charge in [0.2, 0.25) is 0 Å². The lowest BCUT2D eigenvalue weighted by atomic mass is 10.0. The number of aromatic nitrogens is 1. The lowest BCUT2D eigenvalue weighted by molar-refractivity contribution is 0.0699. The maximum absolute atomic E-state index is 11.5. The summed E-state index contributed by atoms with van der Waals surface area (Å²) in [6.45, 7) is 2.66. The molecule has 20 heavy (non-hydrogen) atoms. The second kappa shape index (κ2) is 5.88. The molecule has 0 amide bonds. The van der Waals surface area contributed by atoms with Crippen LogP contribution in [0.4, 0.5) is 0 Å². The number of methoxy groups -OCH3 is 1. The fourth-order valence-corrected chi connectivity index (χ4v) is 2.20. The Bertz CT molecular complexity index is 653. The van der Waals surface area contributed by atoms with E-state index in [1.165, 1.54) is 0 Å². The molecule has 2 aromatic rings. The number of carbonyl (C=O) groups is 1. The molecule has 0 aliphatic rings. The van der Waals surface area contributed by atoms with Crippen LogP contribution in [-0.4, -0.2) is 36.8 Å². The topological polar surface area (TPSA) is 71.5 Å². The smallest absolute Gasteiger partial charge is 0.336 e. The van der Waals surface area contributed by atoms with Crippen LogP contribution in [0, 0.1) is 6.92 Å². The van der Waals surface area contributed by atoms with Gasteiger partial charge in [0.15, 0.2) is 0 Å². The molecule has 0 bridgehead atoms. The molecule has 0 atom stereocenters. The Morgan fingerprint density at radius 1 is 1.40 bits per heavy atom. The van der Waals surface area contributed by atoms with Gasteiger partial charge in [0.1, 0.15) is 5.75 Å². The van der Waals surface area contributed by atoms with Gasteiger partial charge in [-0.3, -0.25) is 4.98 Å². The van der Waals surface area contributed by atoms with E-state index in [4.69, 9.17) is 4.74 Å². The number of rotatable bonds is 5. The summed E-state index contributed by atoms with van der Waals surface area (Å²) in [7, 11) is 3.42. The minimum absolute atomic E-state index is 0.267. The molecule has 106 valence electrons. The number of hydrogen-bond acceptors (Lipinski definition) is 4. The van der Waals surface area contributed by atoms with Gasteiger partial charge in [0.25, 0.3) is 0 Å². The molecule has 2 N–H and O–H groups in total. The molecule has 1 aromatic carbocycles. The Morgan fingerprint density at radius 3 is 2.75 bits per heavy atom. The third kappa shape index (κ3) is 2.72. The number of nitrogens with one attached hydrogen (secondary N) is 1. The average Bonchev–Trinajstić information content (AvgIpc) is 2.44. The third-order valence-electron chi connectivity index (χ3n) is 3.23. The lowest BCUT2D eigenvalue weighted by Crippen LogP contribution is -2.12. The monoisotopic (exact) mass is 274 g/mol. The Balaban J connectivity index is 2.68. The number of hydrogen-bond donors (Lipinski definition) is 2. The Hall–Kier alpha value is -2.14. The molecule has 2 rings (SSSR count). The summed E-state index contributed by atoms with van der Waals surface area (Å²) in [5, 5.41) is 13.1. The van der Waals surface area contributed by atoms with E-state index in [9.17, 15) is 9.90 Å². The van der Waals surface area contributed by atoms with Crippen LogP contribution in [0.5, 0.6) is 5.75 Å². The van der Waals surface area contributed by atoms with Gasteiger partial charge in [-0.25, -0.2) is 4.79 Å². The quantitative estimate of drug-likeness (QED) is 0.872. The van der Waals surface area contributed by atoms with E-state index in [0.29, 0.717) is 17.6 Å². The Kier molecular flexibility index (Phi) is 4.20. The fourth-order valence-electron chi connectivity index (χ4n) is 2.20. The molecule has 0 aliphatic heterocycles. The van der Waals surface area contributed by atoms with Crippen molar-refractivity contribution in [3.8, 4) is 5.75 Å². The second-order valence-corrected chi connectivity index (χ2v) is 4.66. The molecule has 1 heterocycles. The number of pyridine rings is 1. The molecule has 0 aliphatic carbocycles. The SMILES string of the molecule is CNCCc1cc(C(=O)O)c2cc(OC)cc(C)c2n1. The van der Waals surface area contributed by atoms with E-state index in [1.807, 2.05) is 20.0 Å². The van der Waals surface area contributed by atoms with Crippen molar-refractivity contribution in [3.05, 3.63) is 35.0 Å². The summed E-state index contributed by atoms with van der Waals surface area (Å²) in [6, 6.07) is 5.23. The molecule has 0 saturated carbocycles. The zero-order chi connectivity index (χ0) is 14.7. The summed E-state index contributed by atoms with van der Waals surface area (Å²) in [5.74, 6) is -0.307. The van der Waals surface area contributed by atoms with Crippen LogP contribution < -0.4 is 10.1 Å². The fraction of sp³-hybridized carbons (Fsp3) is 0.333. The van der Waals surface area contributed by atoms with Crippen LogP contribution in [0.3, 0.4) is 0 Å². The summed E-state index contributed by atoms with van der Waals surface area (Å²) in [5.41, 5.74) is 2.67. The first-order valence-electron chi connectivity index (χ1n) is 6.43. The standard InChI is InChI=1S/C15H18N2O3/c1-9-6-11(20-3)8-12-13(15(18)19)7-10(4-5-16-2)17-14(9)12/h6-8,16H,4-5H2,1-3H3,(H,18,19). The van der Waals surface area contributed by atoms with Crippen LogP contribution in [-0.2, 0) is 6.42 Å². The van der Waals surface area contributed by atoms with Crippen molar-refractivity contribution in [3.63, 3.8) is 0 Å². The largest absolute Gasteiger partial charge is 0.497 e. The minimum Gasteiger partial charge on any atom is -0.497 e. The molecule has 5 heteroatoms. The molecule has 5 nitrogen and oxygen atoms in total. The molecule has 0 radical (unpaired) electrons. The number of nitrogens with zero attached hydrogens (tertiary/aromatic N) is 1. The first-order valence-corrected chi connectivity index (χ1v) is 6.43. The van der Waals surface area contributed by atoms with Gasteiger partial charge in [-0.05, 0) is 37.7 Å². The minimum atomic E-state index is -0.948. The van der Waals surface area contributed by atoms with Gasteiger partial charge < -0.3 is 15.2 Å². The Labute approximate surface area is 117 Å². The van der Waals surface area contributed by atoms with Crippen molar-refractivity contribution in [2.75, 3.05) is 20.7 Å². The number of fused-ring (bicyclic) bond motifs is 1. The number of ether oxygens (including phenoxy) is 1. The predicted octanol–water partition coefficient (Wildman–Crippen LogP) is 2.01. The number of likely N-dealkylation sites (N-methyl/N-ethyl adjacent to an activating group) is 1. The lowest BCUT2D eigenvalue weighted by Gasteiger charge is -2.11. The highest BCUT2D eigenvalue weighted by atomic mass is 16.5. The van der Waals surface area contributed by atoms with Crippen molar-refractivity contribution in [2.24, 2.45) is 0 Å². The molecule has 0 spiro atoms. The second-order valence-electron chi connectivity index (χ2n) is 4.66. The molecule has 1 aromatic heterocycles. The summed E-state index contributed by atoms with van der Waals surface area (Å²) in [6.07, 6.45) is 0.693. The van der Waals surface area contributed by atoms with Gasteiger partial charge >= 0.3 is 5.97 Å². The van der Waals surface area contributed by atoms with Crippen LogP contribution in [0.15, 0.2) is 18.2 Å². The number of aryl methyl sites for hydroxylation is 1. The third-order valence-corrected chi connectivity index (χ3v) is 3.23. The Morgan fingerprint density at radius 2 is 2.15 bits per heavy atom. The van der Waals surface area contributed by atoms with Crippen molar-refractivity contribution < 1.29 is 14.6 Å². The van der Waals surface area contributed by atoms with Crippen molar-refractivity contribution in [1.29, 1.82) is 0 Å². The number of carboxylic acids is 1. The first-order chi connectivity index (χ1) is 9.56. The van der Waals surface area contributed by atoms with Gasteiger partial charge in [0.05, 0.1) is 18.2 Å². The number of benzene rings is 1. The summed E-state index contributed by atoms with van der Waals surface area (Å²) >= 11 is 0. The zero-order valence-electron chi connectivity index (χ0n) is 11.9. The van der Waals surface area contributed by atoms with Crippen LogP contribution in [0.25, 0.3) is 10.9 Å². The van der Waals surface area contributed by atoms with E-state index < -0.39 is 5.97 Å². The van der Waals surface area contributed by atoms with E-state index in [-0.39, 0.29) is 5.56 Å². The van der Waals surface area contributed by atoms with Crippen molar-refractivity contribution >= 4 is 16.9 Å². The molecular formula is C15H18N2O3. The first kappa shape index (κ1) is 14.3. The van der Waals surface area contributed by atoms with Gasteiger partial charge in [-0.1, -0.05) is 0 Å². The summed E-state index contributed by atoms with van der Waals surface area (Å²) in [4.78, 5) is 16.0. The van der Waals surface area contributed by atoms with E-state index in [1.54, 1.807) is 19.2 Å². The molecule has 0 unspecified atom stereocenters. The van der Waals surface area contributed by atoms with Crippen LogP contribution in [0.1, 0.15) is 21.6 Å². The normalized spacial score (nSPS) is 10.8. The molecule has 0 saturated heterocycles. The van der Waals surface area contributed by atoms with Crippen LogP contribution in [0.2, 0.25) is 0 Å². The maximum atomic E-state index is 11.5. The van der Waals surface area contributed by atoms with Crippen LogP contribution >= 0.6 is 0 Å². The van der Waals surface area contributed by atoms with Gasteiger partial charge in [-0.15, -0.1) is 0 Å². The highest BCUT2D eigenvalue weighted by Gasteiger charge is 2.14. The van der Waals surface area contributed by atoms with Gasteiger partial charge in [-0.2, -0.15) is 0 Å². The highest BCUT2D eigenvalue weighted by Crippen LogP contribution is 2.27. The average molecular weight is 274 g/mol.